The fourth-order valence-electron chi connectivity index (χ4n) is 2.26. The Morgan fingerprint density at radius 2 is 1.64 bits per heavy atom. The molecule has 0 atom stereocenters. The normalized spacial score (nSPS) is 10.5. The maximum Gasteiger partial charge on any atom is 0.234 e. The molecule has 1 N–H and O–H groups in total. The van der Waals surface area contributed by atoms with Crippen LogP contribution in [0.15, 0.2) is 47.4 Å². The van der Waals surface area contributed by atoms with E-state index >= 15 is 0 Å². The van der Waals surface area contributed by atoms with Gasteiger partial charge < -0.3 is 5.32 Å². The van der Waals surface area contributed by atoms with Crippen molar-refractivity contribution >= 4 is 35.0 Å². The Labute approximate surface area is 141 Å². The first-order valence-corrected chi connectivity index (χ1v) is 8.79. The van der Waals surface area contributed by atoms with Crippen LogP contribution in [-0.2, 0) is 17.6 Å². The molecule has 0 fully saturated rings. The standard InChI is InChI=1S/C18H20ClNOS/c1-3-13-6-5-7-14(4-2)18(13)20-17(21)12-22-16-10-8-15(19)9-11-16/h5-11H,3-4,12H2,1-2H3,(H,20,21). The Kier molecular flexibility index (Phi) is 6.34. The highest BCUT2D eigenvalue weighted by Gasteiger charge is 2.10. The lowest BCUT2D eigenvalue weighted by Gasteiger charge is -2.14. The van der Waals surface area contributed by atoms with Crippen LogP contribution in [-0.4, -0.2) is 11.7 Å². The molecular formula is C18H20ClNOS. The lowest BCUT2D eigenvalue weighted by Crippen LogP contribution is -2.16. The molecule has 0 heterocycles. The molecule has 0 saturated carbocycles. The van der Waals surface area contributed by atoms with E-state index < -0.39 is 0 Å². The number of thioether (sulfide) groups is 1. The van der Waals surface area contributed by atoms with E-state index in [9.17, 15) is 4.79 Å². The molecular weight excluding hydrogens is 314 g/mol. The van der Waals surface area contributed by atoms with Crippen LogP contribution in [0.25, 0.3) is 0 Å². The molecule has 0 aromatic heterocycles. The van der Waals surface area contributed by atoms with Gasteiger partial charge in [-0.1, -0.05) is 43.6 Å². The maximum absolute atomic E-state index is 12.2. The molecule has 0 unspecified atom stereocenters. The molecule has 2 rings (SSSR count). The van der Waals surface area contributed by atoms with Gasteiger partial charge in [0.2, 0.25) is 5.91 Å². The number of hydrogen-bond acceptors (Lipinski definition) is 2. The minimum Gasteiger partial charge on any atom is -0.325 e. The quantitative estimate of drug-likeness (QED) is 0.736. The average molecular weight is 334 g/mol. The first kappa shape index (κ1) is 16.9. The molecule has 0 saturated heterocycles. The molecule has 0 spiro atoms. The number of amides is 1. The van der Waals surface area contributed by atoms with Crippen LogP contribution < -0.4 is 5.32 Å². The summed E-state index contributed by atoms with van der Waals surface area (Å²) in [5.41, 5.74) is 3.35. The fourth-order valence-corrected chi connectivity index (χ4v) is 3.08. The molecule has 0 radical (unpaired) electrons. The number of para-hydroxylation sites is 1. The molecule has 2 aromatic rings. The molecule has 22 heavy (non-hydrogen) atoms. The van der Waals surface area contributed by atoms with Crippen molar-refractivity contribution in [1.82, 2.24) is 0 Å². The predicted molar refractivity (Wildman–Crippen MR) is 96.0 cm³/mol. The second-order valence-electron chi connectivity index (χ2n) is 4.95. The molecule has 0 bridgehead atoms. The minimum absolute atomic E-state index is 0.0237. The number of anilines is 1. The van der Waals surface area contributed by atoms with Crippen molar-refractivity contribution < 1.29 is 4.79 Å². The van der Waals surface area contributed by atoms with Gasteiger partial charge in [-0.2, -0.15) is 0 Å². The molecule has 1 amide bonds. The minimum atomic E-state index is 0.0237. The molecule has 0 aliphatic heterocycles. The zero-order chi connectivity index (χ0) is 15.9. The van der Waals surface area contributed by atoms with E-state index in [1.807, 2.05) is 24.3 Å². The Balaban J connectivity index is 2.01. The Morgan fingerprint density at radius 3 is 2.18 bits per heavy atom. The van der Waals surface area contributed by atoms with Crippen LogP contribution in [0.2, 0.25) is 5.02 Å². The van der Waals surface area contributed by atoms with Gasteiger partial charge in [0.1, 0.15) is 0 Å². The molecule has 0 aliphatic carbocycles. The van der Waals surface area contributed by atoms with Gasteiger partial charge >= 0.3 is 0 Å². The topological polar surface area (TPSA) is 29.1 Å². The fraction of sp³-hybridized carbons (Fsp3) is 0.278. The van der Waals surface area contributed by atoms with Crippen molar-refractivity contribution in [2.45, 2.75) is 31.6 Å². The first-order valence-electron chi connectivity index (χ1n) is 7.43. The lowest BCUT2D eigenvalue weighted by molar-refractivity contribution is -0.113. The number of carbonyl (C=O) groups excluding carboxylic acids is 1. The van der Waals surface area contributed by atoms with E-state index in [-0.39, 0.29) is 5.91 Å². The van der Waals surface area contributed by atoms with Crippen LogP contribution in [0.4, 0.5) is 5.69 Å². The molecule has 4 heteroatoms. The highest BCUT2D eigenvalue weighted by atomic mass is 35.5. The van der Waals surface area contributed by atoms with E-state index in [1.54, 1.807) is 0 Å². The van der Waals surface area contributed by atoms with Crippen LogP contribution in [0.1, 0.15) is 25.0 Å². The molecule has 116 valence electrons. The van der Waals surface area contributed by atoms with Gasteiger partial charge in [0.25, 0.3) is 0 Å². The first-order chi connectivity index (χ1) is 10.6. The van der Waals surface area contributed by atoms with Crippen molar-refractivity contribution in [3.8, 4) is 0 Å². The molecule has 2 aromatic carbocycles. The van der Waals surface area contributed by atoms with E-state index in [0.717, 1.165) is 23.4 Å². The average Bonchev–Trinajstić information content (AvgIpc) is 2.54. The summed E-state index contributed by atoms with van der Waals surface area (Å²) in [6, 6.07) is 13.7. The number of rotatable bonds is 6. The summed E-state index contributed by atoms with van der Waals surface area (Å²) in [6.45, 7) is 4.21. The summed E-state index contributed by atoms with van der Waals surface area (Å²) >= 11 is 7.37. The van der Waals surface area contributed by atoms with Crippen molar-refractivity contribution in [2.75, 3.05) is 11.1 Å². The third kappa shape index (κ3) is 4.52. The van der Waals surface area contributed by atoms with Gasteiger partial charge in [-0.05, 0) is 48.2 Å². The summed E-state index contributed by atoms with van der Waals surface area (Å²) in [4.78, 5) is 13.3. The lowest BCUT2D eigenvalue weighted by atomic mass is 10.0. The van der Waals surface area contributed by atoms with Gasteiger partial charge in [0, 0.05) is 15.6 Å². The van der Waals surface area contributed by atoms with Crippen molar-refractivity contribution in [1.29, 1.82) is 0 Å². The highest BCUT2D eigenvalue weighted by molar-refractivity contribution is 8.00. The molecule has 0 aliphatic rings. The van der Waals surface area contributed by atoms with Gasteiger partial charge in [-0.25, -0.2) is 0 Å². The molecule has 2 nitrogen and oxygen atoms in total. The van der Waals surface area contributed by atoms with Crippen LogP contribution in [0.3, 0.4) is 0 Å². The third-order valence-electron chi connectivity index (χ3n) is 3.45. The zero-order valence-electron chi connectivity index (χ0n) is 12.9. The summed E-state index contributed by atoms with van der Waals surface area (Å²) in [5, 5.41) is 3.78. The van der Waals surface area contributed by atoms with Gasteiger partial charge in [0.15, 0.2) is 0 Å². The van der Waals surface area contributed by atoms with Crippen LogP contribution in [0.5, 0.6) is 0 Å². The van der Waals surface area contributed by atoms with Gasteiger partial charge in [-0.3, -0.25) is 4.79 Å². The summed E-state index contributed by atoms with van der Waals surface area (Å²) in [5.74, 6) is 0.415. The predicted octanol–water partition coefficient (Wildman–Crippen LogP) is 5.20. The van der Waals surface area contributed by atoms with Gasteiger partial charge in [0.05, 0.1) is 5.75 Å². The Morgan fingerprint density at radius 1 is 1.05 bits per heavy atom. The summed E-state index contributed by atoms with van der Waals surface area (Å²) in [7, 11) is 0. The van der Waals surface area contributed by atoms with Crippen molar-refractivity contribution in [3.63, 3.8) is 0 Å². The number of hydrogen-bond donors (Lipinski definition) is 1. The number of halogens is 1. The second-order valence-corrected chi connectivity index (χ2v) is 6.43. The van der Waals surface area contributed by atoms with Crippen molar-refractivity contribution in [3.05, 3.63) is 58.6 Å². The maximum atomic E-state index is 12.2. The zero-order valence-corrected chi connectivity index (χ0v) is 14.4. The van der Waals surface area contributed by atoms with E-state index in [1.165, 1.54) is 22.9 Å². The number of benzene rings is 2. The second kappa shape index (κ2) is 8.25. The number of nitrogens with one attached hydrogen (secondary N) is 1. The Hall–Kier alpha value is -1.45. The summed E-state index contributed by atoms with van der Waals surface area (Å²) < 4.78 is 0. The third-order valence-corrected chi connectivity index (χ3v) is 4.71. The SMILES string of the molecule is CCc1cccc(CC)c1NC(=O)CSc1ccc(Cl)cc1. The Bertz CT molecular complexity index is 618. The number of aryl methyl sites for hydroxylation is 2. The smallest absolute Gasteiger partial charge is 0.234 e. The number of carbonyl (C=O) groups is 1. The largest absolute Gasteiger partial charge is 0.325 e. The summed E-state index contributed by atoms with van der Waals surface area (Å²) in [6.07, 6.45) is 1.82. The van der Waals surface area contributed by atoms with Crippen molar-refractivity contribution in [2.24, 2.45) is 0 Å². The monoisotopic (exact) mass is 333 g/mol. The van der Waals surface area contributed by atoms with E-state index in [4.69, 9.17) is 11.6 Å². The van der Waals surface area contributed by atoms with Gasteiger partial charge in [-0.15, -0.1) is 11.8 Å². The van der Waals surface area contributed by atoms with E-state index in [2.05, 4.69) is 37.4 Å². The van der Waals surface area contributed by atoms with E-state index in [0.29, 0.717) is 10.8 Å². The van der Waals surface area contributed by atoms with Crippen LogP contribution in [0, 0.1) is 0 Å². The van der Waals surface area contributed by atoms with Crippen LogP contribution >= 0.6 is 23.4 Å². The highest BCUT2D eigenvalue weighted by Crippen LogP contribution is 2.24.